The van der Waals surface area contributed by atoms with Crippen LogP contribution in [0.3, 0.4) is 0 Å². The third-order valence-corrected chi connectivity index (χ3v) is 3.78. The van der Waals surface area contributed by atoms with Crippen LogP contribution >= 0.6 is 15.9 Å². The van der Waals surface area contributed by atoms with Crippen LogP contribution in [0.15, 0.2) is 46.9 Å². The van der Waals surface area contributed by atoms with Crippen LogP contribution in [0, 0.1) is 12.7 Å². The molecule has 0 heterocycles. The molecule has 0 fully saturated rings. The summed E-state index contributed by atoms with van der Waals surface area (Å²) in [7, 11) is 0. The quantitative estimate of drug-likeness (QED) is 0.839. The third kappa shape index (κ3) is 5.49. The summed E-state index contributed by atoms with van der Waals surface area (Å²) in [5, 5.41) is 5.25. The van der Waals surface area contributed by atoms with Crippen molar-refractivity contribution in [1.29, 1.82) is 0 Å². The molecule has 6 heteroatoms. The van der Waals surface area contributed by atoms with Gasteiger partial charge in [-0.05, 0) is 58.2 Å². The second kappa shape index (κ2) is 7.87. The van der Waals surface area contributed by atoms with E-state index in [1.54, 1.807) is 18.2 Å². The zero-order valence-corrected chi connectivity index (χ0v) is 14.1. The predicted octanol–water partition coefficient (Wildman–Crippen LogP) is 3.19. The highest BCUT2D eigenvalue weighted by atomic mass is 79.9. The zero-order valence-electron chi connectivity index (χ0n) is 12.5. The highest BCUT2D eigenvalue weighted by molar-refractivity contribution is 9.10. The minimum absolute atomic E-state index is 0.0990. The summed E-state index contributed by atoms with van der Waals surface area (Å²) in [5.41, 5.74) is 2.40. The van der Waals surface area contributed by atoms with Gasteiger partial charge >= 0.3 is 0 Å². The topological polar surface area (TPSA) is 58.2 Å². The van der Waals surface area contributed by atoms with Crippen LogP contribution < -0.4 is 10.6 Å². The van der Waals surface area contributed by atoms with Gasteiger partial charge in [0.25, 0.3) is 0 Å². The standard InChI is InChI=1S/C17H16BrFN2O2/c1-11-2-7-15(14(18)8-11)21-17(23)10-20-16(22)9-12-3-5-13(19)6-4-12/h2-8H,9-10H2,1H3,(H,20,22)(H,21,23). The summed E-state index contributed by atoms with van der Waals surface area (Å²) in [6, 6.07) is 11.2. The van der Waals surface area contributed by atoms with Crippen molar-refractivity contribution in [2.24, 2.45) is 0 Å². The normalized spacial score (nSPS) is 10.2. The van der Waals surface area contributed by atoms with Crippen molar-refractivity contribution in [2.45, 2.75) is 13.3 Å². The summed E-state index contributed by atoms with van der Waals surface area (Å²) >= 11 is 3.37. The van der Waals surface area contributed by atoms with E-state index in [1.165, 1.54) is 12.1 Å². The molecule has 2 aromatic carbocycles. The molecule has 2 N–H and O–H groups in total. The van der Waals surface area contributed by atoms with E-state index in [9.17, 15) is 14.0 Å². The van der Waals surface area contributed by atoms with Crippen LogP contribution in [-0.4, -0.2) is 18.4 Å². The van der Waals surface area contributed by atoms with Crippen LogP contribution in [0.5, 0.6) is 0 Å². The molecule has 2 aromatic rings. The van der Waals surface area contributed by atoms with E-state index in [-0.39, 0.29) is 30.6 Å². The summed E-state index contributed by atoms with van der Waals surface area (Å²) < 4.78 is 13.6. The molecule has 0 aliphatic rings. The third-order valence-electron chi connectivity index (χ3n) is 3.12. The van der Waals surface area contributed by atoms with Crippen LogP contribution in [-0.2, 0) is 16.0 Å². The zero-order chi connectivity index (χ0) is 16.8. The van der Waals surface area contributed by atoms with E-state index in [0.717, 1.165) is 10.0 Å². The number of aryl methyl sites for hydroxylation is 1. The fraction of sp³-hybridized carbons (Fsp3) is 0.176. The molecule has 2 rings (SSSR count). The van der Waals surface area contributed by atoms with Crippen LogP contribution in [0.1, 0.15) is 11.1 Å². The van der Waals surface area contributed by atoms with E-state index >= 15 is 0 Å². The molecule has 0 saturated heterocycles. The number of nitrogens with one attached hydrogen (secondary N) is 2. The van der Waals surface area contributed by atoms with Crippen molar-refractivity contribution < 1.29 is 14.0 Å². The summed E-state index contributed by atoms with van der Waals surface area (Å²) in [5.74, 6) is -0.964. The van der Waals surface area contributed by atoms with Gasteiger partial charge in [-0.15, -0.1) is 0 Å². The lowest BCUT2D eigenvalue weighted by Crippen LogP contribution is -2.33. The van der Waals surface area contributed by atoms with Crippen molar-refractivity contribution in [2.75, 3.05) is 11.9 Å². The largest absolute Gasteiger partial charge is 0.347 e. The van der Waals surface area contributed by atoms with Crippen molar-refractivity contribution in [3.05, 3.63) is 63.9 Å². The molecule has 23 heavy (non-hydrogen) atoms. The lowest BCUT2D eigenvalue weighted by Gasteiger charge is -2.09. The van der Waals surface area contributed by atoms with E-state index in [2.05, 4.69) is 26.6 Å². The van der Waals surface area contributed by atoms with Gasteiger partial charge in [0.15, 0.2) is 0 Å². The van der Waals surface area contributed by atoms with Gasteiger partial charge in [-0.1, -0.05) is 18.2 Å². The monoisotopic (exact) mass is 378 g/mol. The van der Waals surface area contributed by atoms with E-state index in [4.69, 9.17) is 0 Å². The van der Waals surface area contributed by atoms with Gasteiger partial charge in [0.2, 0.25) is 11.8 Å². The molecule has 120 valence electrons. The molecule has 0 aromatic heterocycles. The first-order valence-corrected chi connectivity index (χ1v) is 7.80. The van der Waals surface area contributed by atoms with Gasteiger partial charge in [-0.2, -0.15) is 0 Å². The van der Waals surface area contributed by atoms with E-state index in [0.29, 0.717) is 11.3 Å². The number of benzene rings is 2. The number of rotatable bonds is 5. The first-order chi connectivity index (χ1) is 10.9. The van der Waals surface area contributed by atoms with Crippen molar-refractivity contribution in [1.82, 2.24) is 5.32 Å². The van der Waals surface area contributed by atoms with Gasteiger partial charge in [0.1, 0.15) is 5.82 Å². The van der Waals surface area contributed by atoms with Gasteiger partial charge in [-0.3, -0.25) is 9.59 Å². The minimum atomic E-state index is -0.350. The Bertz CT molecular complexity index is 717. The SMILES string of the molecule is Cc1ccc(NC(=O)CNC(=O)Cc2ccc(F)cc2)c(Br)c1. The fourth-order valence-corrected chi connectivity index (χ4v) is 2.54. The Morgan fingerprint density at radius 2 is 1.78 bits per heavy atom. The minimum Gasteiger partial charge on any atom is -0.347 e. The number of hydrogen-bond acceptors (Lipinski definition) is 2. The molecule has 2 amide bonds. The number of carbonyl (C=O) groups excluding carboxylic acids is 2. The molecule has 0 bridgehead atoms. The summed E-state index contributed by atoms with van der Waals surface area (Å²) in [6.45, 7) is 1.83. The number of anilines is 1. The van der Waals surface area contributed by atoms with Crippen molar-refractivity contribution in [3.8, 4) is 0 Å². The Balaban J connectivity index is 1.81. The number of hydrogen-bond donors (Lipinski definition) is 2. The Labute approximate surface area is 142 Å². The number of halogens is 2. The molecule has 0 unspecified atom stereocenters. The molecule has 0 spiro atoms. The average molecular weight is 379 g/mol. The molecule has 0 radical (unpaired) electrons. The lowest BCUT2D eigenvalue weighted by molar-refractivity contribution is -0.123. The molecule has 0 aliphatic carbocycles. The average Bonchev–Trinajstić information content (AvgIpc) is 2.50. The molecular weight excluding hydrogens is 363 g/mol. The Hall–Kier alpha value is -2.21. The maximum Gasteiger partial charge on any atom is 0.243 e. The van der Waals surface area contributed by atoms with Crippen LogP contribution in [0.2, 0.25) is 0 Å². The Kier molecular flexibility index (Phi) is 5.87. The van der Waals surface area contributed by atoms with Gasteiger partial charge in [0, 0.05) is 4.47 Å². The first kappa shape index (κ1) is 17.1. The summed E-state index contributed by atoms with van der Waals surface area (Å²) in [4.78, 5) is 23.6. The second-order valence-corrected chi connectivity index (χ2v) is 5.97. The highest BCUT2D eigenvalue weighted by Crippen LogP contribution is 2.23. The van der Waals surface area contributed by atoms with E-state index in [1.807, 2.05) is 19.1 Å². The predicted molar refractivity (Wildman–Crippen MR) is 90.6 cm³/mol. The van der Waals surface area contributed by atoms with Crippen LogP contribution in [0.4, 0.5) is 10.1 Å². The maximum absolute atomic E-state index is 12.8. The van der Waals surface area contributed by atoms with Gasteiger partial charge < -0.3 is 10.6 Å². The Morgan fingerprint density at radius 1 is 1.09 bits per heavy atom. The molecular formula is C17H16BrFN2O2. The van der Waals surface area contributed by atoms with Crippen molar-refractivity contribution in [3.63, 3.8) is 0 Å². The fourth-order valence-electron chi connectivity index (χ4n) is 1.94. The number of amides is 2. The lowest BCUT2D eigenvalue weighted by atomic mass is 10.1. The van der Waals surface area contributed by atoms with E-state index < -0.39 is 0 Å². The van der Waals surface area contributed by atoms with Crippen LogP contribution in [0.25, 0.3) is 0 Å². The second-order valence-electron chi connectivity index (χ2n) is 5.11. The molecule has 4 nitrogen and oxygen atoms in total. The highest BCUT2D eigenvalue weighted by Gasteiger charge is 2.08. The first-order valence-electron chi connectivity index (χ1n) is 7.01. The van der Waals surface area contributed by atoms with Gasteiger partial charge in [-0.25, -0.2) is 4.39 Å². The molecule has 0 atom stereocenters. The molecule has 0 aliphatic heterocycles. The smallest absolute Gasteiger partial charge is 0.243 e. The maximum atomic E-state index is 12.8. The number of carbonyl (C=O) groups is 2. The Morgan fingerprint density at radius 3 is 2.43 bits per heavy atom. The molecule has 0 saturated carbocycles. The van der Waals surface area contributed by atoms with Gasteiger partial charge in [0.05, 0.1) is 18.7 Å². The summed E-state index contributed by atoms with van der Waals surface area (Å²) in [6.07, 6.45) is 0.0990. The van der Waals surface area contributed by atoms with Crippen molar-refractivity contribution >= 4 is 33.4 Å².